The van der Waals surface area contributed by atoms with E-state index in [1.54, 1.807) is 17.0 Å². The molecule has 4 aromatic rings. The number of esters is 1. The van der Waals surface area contributed by atoms with Gasteiger partial charge in [-0.2, -0.15) is 0 Å². The predicted octanol–water partition coefficient (Wildman–Crippen LogP) is 6.94. The number of hydrogen-bond acceptors (Lipinski definition) is 14. The number of cyclic esters (lactones) is 1. The molecule has 3 aromatic heterocycles. The van der Waals surface area contributed by atoms with Gasteiger partial charge in [0, 0.05) is 111 Å². The average molecular weight is 1020 g/mol. The number of aromatic nitrogens is 3. The smallest absolute Gasteiger partial charge is 0.324 e. The standard InChI is InChI=1S/C55H76N10O7S/c1-35-14-20-63(35)54(68)58-48-50(62-17-6-7-18-62)51-57-45(33-73-51)37-10-13-46-41(29-37)43(31-55(3,4)34-72-53(67)44-9-8-19-65(59-44)52(48)66)49(64(46)25-28-71-40-15-26-70-27-16-40)42-30-39(32-56-47(42)36(2)69-5)61-23-21-60(22-24-61)38-11-12-38/h10,13,29-30,32-33,35-36,38,40,44,48,50,59H,6-9,11-12,14-28,31,34H2,1-5H3,(H,58,68)/t35-,36+,44+,48+,50+/m1/s1. The number of methoxy groups -OCH3 is 1. The maximum atomic E-state index is 15.1. The molecule has 6 fully saturated rings. The number of benzene rings is 1. The Kier molecular flexibility index (Phi) is 14.9. The lowest BCUT2D eigenvalue weighted by Crippen LogP contribution is -2.64. The van der Waals surface area contributed by atoms with Gasteiger partial charge in [0.05, 0.1) is 60.4 Å². The maximum absolute atomic E-state index is 15.1. The van der Waals surface area contributed by atoms with E-state index < -0.39 is 29.5 Å². The summed E-state index contributed by atoms with van der Waals surface area (Å²) in [4.78, 5) is 63.4. The Balaban J connectivity index is 1.06. The molecule has 5 atom stereocenters. The number of ether oxygens (including phenoxy) is 4. The molecule has 9 heterocycles. The highest BCUT2D eigenvalue weighted by Gasteiger charge is 2.44. The summed E-state index contributed by atoms with van der Waals surface area (Å²) < 4.78 is 27.3. The van der Waals surface area contributed by atoms with Gasteiger partial charge in [0.15, 0.2) is 0 Å². The number of carbonyl (C=O) groups is 3. The first kappa shape index (κ1) is 50.5. The molecule has 1 aromatic carbocycles. The number of pyridine rings is 1. The average Bonchev–Trinajstić information content (AvgIpc) is 3.75. The number of nitrogens with one attached hydrogen (secondary N) is 2. The van der Waals surface area contributed by atoms with Crippen molar-refractivity contribution in [1.29, 1.82) is 0 Å². The van der Waals surface area contributed by atoms with Gasteiger partial charge in [0.2, 0.25) is 0 Å². The molecule has 394 valence electrons. The minimum Gasteiger partial charge on any atom is -0.464 e. The molecule has 73 heavy (non-hydrogen) atoms. The van der Waals surface area contributed by atoms with Crippen molar-refractivity contribution in [2.45, 2.75) is 141 Å². The number of hydrazine groups is 1. The molecule has 17 nitrogen and oxygen atoms in total. The Morgan fingerprint density at radius 1 is 0.959 bits per heavy atom. The van der Waals surface area contributed by atoms with Gasteiger partial charge in [-0.05, 0) is 115 Å². The molecule has 0 radical (unpaired) electrons. The molecule has 7 aliphatic rings. The van der Waals surface area contributed by atoms with Crippen molar-refractivity contribution in [3.63, 3.8) is 0 Å². The molecule has 5 saturated heterocycles. The Morgan fingerprint density at radius 3 is 2.48 bits per heavy atom. The molecular formula is C55H76N10O7S. The zero-order valence-corrected chi connectivity index (χ0v) is 44.4. The second-order valence-corrected chi connectivity index (χ2v) is 23.3. The molecule has 6 aliphatic heterocycles. The minimum absolute atomic E-state index is 0.0835. The van der Waals surface area contributed by atoms with E-state index in [4.69, 9.17) is 28.9 Å². The fraction of sp³-hybridized carbons (Fsp3) is 0.655. The fourth-order valence-corrected chi connectivity index (χ4v) is 13.1. The van der Waals surface area contributed by atoms with Crippen molar-refractivity contribution in [1.82, 2.24) is 45.0 Å². The van der Waals surface area contributed by atoms with Crippen molar-refractivity contribution < 1.29 is 33.3 Å². The van der Waals surface area contributed by atoms with Crippen LogP contribution in [0.1, 0.15) is 114 Å². The van der Waals surface area contributed by atoms with Crippen LogP contribution in [0, 0.1) is 5.41 Å². The molecule has 11 rings (SSSR count). The SMILES string of the molecule is CO[C@@H](C)c1ncc(N2CCN(C3CC3)CC2)cc1-c1c2c3cc(ccc3n1CCOC1CCOCC1)-c1csc(n1)[C@@H](N1CCCC1)[C@H](NC(=O)N1CC[C@H]1C)C(=O)N1CCC[C@H](N1)C(=O)OCC(C)(C)C2. The third-order valence-electron chi connectivity index (χ3n) is 16.7. The van der Waals surface area contributed by atoms with E-state index in [1.165, 1.54) is 24.2 Å². The van der Waals surface area contributed by atoms with Crippen LogP contribution in [0.2, 0.25) is 0 Å². The van der Waals surface area contributed by atoms with E-state index in [-0.39, 0.29) is 36.8 Å². The number of nitrogens with zero attached hydrogens (tertiary/aromatic N) is 8. The van der Waals surface area contributed by atoms with Crippen LogP contribution < -0.4 is 15.6 Å². The molecule has 1 aliphatic carbocycles. The van der Waals surface area contributed by atoms with Gasteiger partial charge in [-0.1, -0.05) is 19.9 Å². The number of urea groups is 1. The van der Waals surface area contributed by atoms with Crippen molar-refractivity contribution in [2.75, 3.05) is 90.8 Å². The van der Waals surface area contributed by atoms with E-state index in [9.17, 15) is 9.59 Å². The Labute approximate surface area is 434 Å². The van der Waals surface area contributed by atoms with Gasteiger partial charge in [0.25, 0.3) is 5.91 Å². The highest BCUT2D eigenvalue weighted by Crippen LogP contribution is 2.44. The first-order chi connectivity index (χ1) is 35.4. The third kappa shape index (κ3) is 10.6. The lowest BCUT2D eigenvalue weighted by atomic mass is 9.84. The van der Waals surface area contributed by atoms with Crippen LogP contribution in [-0.2, 0) is 41.5 Å². The number of hydrogen-bond donors (Lipinski definition) is 2. The zero-order chi connectivity index (χ0) is 50.4. The summed E-state index contributed by atoms with van der Waals surface area (Å²) in [6.45, 7) is 17.7. The van der Waals surface area contributed by atoms with E-state index >= 15 is 4.79 Å². The normalized spacial score (nSPS) is 26.2. The lowest BCUT2D eigenvalue weighted by Gasteiger charge is -2.42. The van der Waals surface area contributed by atoms with Crippen molar-refractivity contribution in [2.24, 2.45) is 5.41 Å². The maximum Gasteiger partial charge on any atom is 0.324 e. The summed E-state index contributed by atoms with van der Waals surface area (Å²) in [7, 11) is 1.75. The topological polar surface area (TPSA) is 159 Å². The lowest BCUT2D eigenvalue weighted by molar-refractivity contribution is -0.155. The Hall–Kier alpha value is -4.69. The van der Waals surface area contributed by atoms with Crippen LogP contribution >= 0.6 is 11.3 Å². The number of fused-ring (bicyclic) bond motifs is 6. The second kappa shape index (κ2) is 21.5. The van der Waals surface area contributed by atoms with Gasteiger partial charge in [-0.3, -0.25) is 29.4 Å². The highest BCUT2D eigenvalue weighted by atomic mass is 32.1. The number of carbonyl (C=O) groups excluding carboxylic acids is 3. The molecule has 0 spiro atoms. The quantitative estimate of drug-likeness (QED) is 0.149. The van der Waals surface area contributed by atoms with Crippen LogP contribution in [0.5, 0.6) is 0 Å². The summed E-state index contributed by atoms with van der Waals surface area (Å²) in [5.41, 5.74) is 10.8. The first-order valence-electron chi connectivity index (χ1n) is 27.3. The molecule has 18 heteroatoms. The van der Waals surface area contributed by atoms with Crippen LogP contribution in [0.15, 0.2) is 35.8 Å². The van der Waals surface area contributed by atoms with Gasteiger partial charge >= 0.3 is 12.0 Å². The largest absolute Gasteiger partial charge is 0.464 e. The zero-order valence-electron chi connectivity index (χ0n) is 43.6. The second-order valence-electron chi connectivity index (χ2n) is 22.4. The van der Waals surface area contributed by atoms with Crippen LogP contribution in [0.3, 0.4) is 0 Å². The van der Waals surface area contributed by atoms with Crippen LogP contribution in [-0.4, -0.2) is 168 Å². The summed E-state index contributed by atoms with van der Waals surface area (Å²) in [5, 5.41) is 8.74. The summed E-state index contributed by atoms with van der Waals surface area (Å²) in [6, 6.07) is 7.36. The fourth-order valence-electron chi connectivity index (χ4n) is 12.1. The molecule has 2 N–H and O–H groups in total. The number of piperazine rings is 1. The Morgan fingerprint density at radius 2 is 1.75 bits per heavy atom. The van der Waals surface area contributed by atoms with Gasteiger partial charge < -0.3 is 38.6 Å². The number of rotatable bonds is 11. The van der Waals surface area contributed by atoms with Crippen LogP contribution in [0.25, 0.3) is 33.4 Å². The van der Waals surface area contributed by atoms with E-state index in [0.717, 1.165) is 133 Å². The molecule has 1 saturated carbocycles. The molecular weight excluding hydrogens is 945 g/mol. The number of thiazole rings is 1. The number of anilines is 1. The molecule has 0 unspecified atom stereocenters. The molecule has 6 bridgehead atoms. The van der Waals surface area contributed by atoms with Crippen molar-refractivity contribution in [3.8, 4) is 22.5 Å². The number of amides is 3. The van der Waals surface area contributed by atoms with Gasteiger partial charge in [-0.15, -0.1) is 11.3 Å². The monoisotopic (exact) mass is 1020 g/mol. The van der Waals surface area contributed by atoms with Gasteiger partial charge in [-0.25, -0.2) is 15.2 Å². The van der Waals surface area contributed by atoms with Crippen molar-refractivity contribution in [3.05, 3.63) is 52.1 Å². The van der Waals surface area contributed by atoms with E-state index in [2.05, 4.69) is 80.4 Å². The van der Waals surface area contributed by atoms with E-state index in [0.29, 0.717) is 58.7 Å². The van der Waals surface area contributed by atoms with E-state index in [1.807, 2.05) is 13.1 Å². The van der Waals surface area contributed by atoms with Gasteiger partial charge in [0.1, 0.15) is 17.1 Å². The van der Waals surface area contributed by atoms with Crippen LogP contribution in [0.4, 0.5) is 10.5 Å². The summed E-state index contributed by atoms with van der Waals surface area (Å²) in [6.07, 6.45) is 10.8. The van der Waals surface area contributed by atoms with Crippen molar-refractivity contribution >= 4 is 45.8 Å². The summed E-state index contributed by atoms with van der Waals surface area (Å²) in [5.74, 6) is -0.677. The predicted molar refractivity (Wildman–Crippen MR) is 281 cm³/mol. The third-order valence-corrected chi connectivity index (χ3v) is 17.6. The number of likely N-dealkylation sites (tertiary alicyclic amines) is 2. The molecule has 3 amide bonds. The Bertz CT molecular complexity index is 2630. The summed E-state index contributed by atoms with van der Waals surface area (Å²) >= 11 is 1.54. The minimum atomic E-state index is -0.957. The highest BCUT2D eigenvalue weighted by molar-refractivity contribution is 7.10. The first-order valence-corrected chi connectivity index (χ1v) is 28.2.